The fourth-order valence-corrected chi connectivity index (χ4v) is 3.21. The van der Waals surface area contributed by atoms with Gasteiger partial charge in [0.2, 0.25) is 15.9 Å². The highest BCUT2D eigenvalue weighted by Crippen LogP contribution is 2.14. The molecule has 0 saturated carbocycles. The van der Waals surface area contributed by atoms with Crippen molar-refractivity contribution in [2.24, 2.45) is 0 Å². The van der Waals surface area contributed by atoms with Crippen molar-refractivity contribution in [3.63, 3.8) is 0 Å². The van der Waals surface area contributed by atoms with E-state index in [0.29, 0.717) is 25.9 Å². The van der Waals surface area contributed by atoms with Gasteiger partial charge in [-0.05, 0) is 19.8 Å². The Bertz CT molecular complexity index is 441. The molecule has 0 atom stereocenters. The lowest BCUT2D eigenvalue weighted by atomic mass is 10.1. The maximum absolute atomic E-state index is 11.7. The van der Waals surface area contributed by atoms with Crippen LogP contribution in [0.25, 0.3) is 0 Å². The monoisotopic (exact) mass is 306 g/mol. The average Bonchev–Trinajstić information content (AvgIpc) is 2.45. The van der Waals surface area contributed by atoms with Crippen LogP contribution in [-0.4, -0.2) is 56.6 Å². The second-order valence-electron chi connectivity index (χ2n) is 4.72. The Labute approximate surface area is 119 Å². The van der Waals surface area contributed by atoms with Crippen LogP contribution in [-0.2, 0) is 24.3 Å². The molecule has 1 aliphatic rings. The lowest BCUT2D eigenvalue weighted by molar-refractivity contribution is -0.142. The second-order valence-corrected chi connectivity index (χ2v) is 6.98. The molecule has 1 fully saturated rings. The molecule has 1 aliphatic heterocycles. The number of hydrogen-bond donors (Lipinski definition) is 1. The van der Waals surface area contributed by atoms with Gasteiger partial charge in [-0.3, -0.25) is 9.59 Å². The first kappa shape index (κ1) is 16.9. The van der Waals surface area contributed by atoms with Crippen LogP contribution >= 0.6 is 0 Å². The zero-order valence-corrected chi connectivity index (χ0v) is 12.7. The van der Waals surface area contributed by atoms with Gasteiger partial charge in [-0.25, -0.2) is 12.7 Å². The smallest absolute Gasteiger partial charge is 0.306 e. The molecule has 1 rings (SSSR count). The standard InChI is InChI=1S/C12H22N2O5S/c1-3-20(17,18)14-8-6-10(7-9-14)13-11(15)4-5-12(16)19-2/h10H,3-9H2,1-2H3,(H,13,15). The fourth-order valence-electron chi connectivity index (χ4n) is 2.08. The number of rotatable bonds is 6. The molecular weight excluding hydrogens is 284 g/mol. The third-order valence-corrected chi connectivity index (χ3v) is 5.24. The molecule has 20 heavy (non-hydrogen) atoms. The third-order valence-electron chi connectivity index (χ3n) is 3.36. The number of nitrogens with zero attached hydrogens (tertiary/aromatic N) is 1. The highest BCUT2D eigenvalue weighted by atomic mass is 32.2. The topological polar surface area (TPSA) is 92.8 Å². The predicted molar refractivity (Wildman–Crippen MR) is 73.4 cm³/mol. The van der Waals surface area contributed by atoms with Crippen molar-refractivity contribution < 1.29 is 22.7 Å². The number of carbonyl (C=O) groups excluding carboxylic acids is 2. The van der Waals surface area contributed by atoms with Crippen LogP contribution in [0, 0.1) is 0 Å². The molecule has 0 aromatic rings. The molecule has 8 heteroatoms. The number of esters is 1. The maximum atomic E-state index is 11.7. The van der Waals surface area contributed by atoms with Gasteiger partial charge in [0, 0.05) is 25.6 Å². The first-order valence-electron chi connectivity index (χ1n) is 6.73. The van der Waals surface area contributed by atoms with Gasteiger partial charge in [0.15, 0.2) is 0 Å². The number of hydrogen-bond acceptors (Lipinski definition) is 5. The summed E-state index contributed by atoms with van der Waals surface area (Å²) in [6.07, 6.45) is 1.36. The van der Waals surface area contributed by atoms with Crippen LogP contribution in [0.5, 0.6) is 0 Å². The first-order chi connectivity index (χ1) is 9.39. The zero-order valence-electron chi connectivity index (χ0n) is 11.9. The van der Waals surface area contributed by atoms with E-state index in [1.807, 2.05) is 0 Å². The number of carbonyl (C=O) groups is 2. The van der Waals surface area contributed by atoms with E-state index in [0.717, 1.165) is 0 Å². The summed E-state index contributed by atoms with van der Waals surface area (Å²) in [5, 5.41) is 2.82. The van der Waals surface area contributed by atoms with E-state index in [-0.39, 0.29) is 30.5 Å². The van der Waals surface area contributed by atoms with Crippen LogP contribution in [0.15, 0.2) is 0 Å². The molecule has 0 aromatic carbocycles. The molecule has 0 aliphatic carbocycles. The first-order valence-corrected chi connectivity index (χ1v) is 8.34. The van der Waals surface area contributed by atoms with E-state index < -0.39 is 16.0 Å². The molecule has 0 radical (unpaired) electrons. The molecule has 116 valence electrons. The zero-order chi connectivity index (χ0) is 15.2. The van der Waals surface area contributed by atoms with E-state index in [1.165, 1.54) is 11.4 Å². The quantitative estimate of drug-likeness (QED) is 0.690. The van der Waals surface area contributed by atoms with Crippen LogP contribution in [0.4, 0.5) is 0 Å². The lowest BCUT2D eigenvalue weighted by Gasteiger charge is -2.31. The van der Waals surface area contributed by atoms with Gasteiger partial charge >= 0.3 is 5.97 Å². The lowest BCUT2D eigenvalue weighted by Crippen LogP contribution is -2.46. The Morgan fingerprint density at radius 3 is 2.35 bits per heavy atom. The summed E-state index contributed by atoms with van der Waals surface area (Å²) in [5.74, 6) is -0.514. The van der Waals surface area contributed by atoms with E-state index in [1.54, 1.807) is 6.92 Å². The van der Waals surface area contributed by atoms with Crippen molar-refractivity contribution in [3.05, 3.63) is 0 Å². The average molecular weight is 306 g/mol. The van der Waals surface area contributed by atoms with Gasteiger partial charge in [0.05, 0.1) is 19.3 Å². The summed E-state index contributed by atoms with van der Waals surface area (Å²) in [7, 11) is -1.86. The normalized spacial score (nSPS) is 17.7. The molecule has 1 N–H and O–H groups in total. The van der Waals surface area contributed by atoms with E-state index in [9.17, 15) is 18.0 Å². The van der Waals surface area contributed by atoms with Crippen molar-refractivity contribution in [2.45, 2.75) is 38.6 Å². The number of ether oxygens (including phenoxy) is 1. The van der Waals surface area contributed by atoms with Crippen LogP contribution in [0.1, 0.15) is 32.6 Å². The molecule has 0 spiro atoms. The molecular formula is C12H22N2O5S. The molecule has 0 aromatic heterocycles. The molecule has 0 unspecified atom stereocenters. The van der Waals surface area contributed by atoms with Gasteiger partial charge in [-0.15, -0.1) is 0 Å². The largest absolute Gasteiger partial charge is 0.469 e. The van der Waals surface area contributed by atoms with Crippen LogP contribution in [0.3, 0.4) is 0 Å². The van der Waals surface area contributed by atoms with Crippen molar-refractivity contribution in [2.75, 3.05) is 26.0 Å². The maximum Gasteiger partial charge on any atom is 0.306 e. The van der Waals surface area contributed by atoms with Crippen molar-refractivity contribution in [1.82, 2.24) is 9.62 Å². The van der Waals surface area contributed by atoms with Crippen LogP contribution in [0.2, 0.25) is 0 Å². The Balaban J connectivity index is 2.32. The second kappa shape index (κ2) is 7.58. The summed E-state index contributed by atoms with van der Waals surface area (Å²) in [5.41, 5.74) is 0. The Kier molecular flexibility index (Phi) is 6.41. The van der Waals surface area contributed by atoms with E-state index >= 15 is 0 Å². The van der Waals surface area contributed by atoms with Crippen LogP contribution < -0.4 is 5.32 Å². The number of methoxy groups -OCH3 is 1. The minimum Gasteiger partial charge on any atom is -0.469 e. The summed E-state index contributed by atoms with van der Waals surface area (Å²) in [4.78, 5) is 22.5. The van der Waals surface area contributed by atoms with Crippen molar-refractivity contribution >= 4 is 21.9 Å². The number of amides is 1. The highest BCUT2D eigenvalue weighted by molar-refractivity contribution is 7.89. The highest BCUT2D eigenvalue weighted by Gasteiger charge is 2.27. The minimum atomic E-state index is -3.14. The third kappa shape index (κ3) is 5.09. The van der Waals surface area contributed by atoms with Crippen molar-refractivity contribution in [1.29, 1.82) is 0 Å². The minimum absolute atomic E-state index is 0.0246. The summed E-state index contributed by atoms with van der Waals surface area (Å²) in [6, 6.07) is -0.0246. The molecule has 0 bridgehead atoms. The SMILES string of the molecule is CCS(=O)(=O)N1CCC(NC(=O)CCC(=O)OC)CC1. The number of piperidine rings is 1. The summed E-state index contributed by atoms with van der Waals surface area (Å²) in [6.45, 7) is 2.48. The Morgan fingerprint density at radius 2 is 1.85 bits per heavy atom. The summed E-state index contributed by atoms with van der Waals surface area (Å²) < 4.78 is 29.3. The van der Waals surface area contributed by atoms with Gasteiger partial charge in [-0.1, -0.05) is 0 Å². The number of sulfonamides is 1. The molecule has 1 amide bonds. The van der Waals surface area contributed by atoms with Gasteiger partial charge in [-0.2, -0.15) is 0 Å². The van der Waals surface area contributed by atoms with E-state index in [2.05, 4.69) is 10.1 Å². The fraction of sp³-hybridized carbons (Fsp3) is 0.833. The van der Waals surface area contributed by atoms with Gasteiger partial charge in [0.25, 0.3) is 0 Å². The van der Waals surface area contributed by atoms with E-state index in [4.69, 9.17) is 0 Å². The molecule has 1 saturated heterocycles. The Hall–Kier alpha value is -1.15. The van der Waals surface area contributed by atoms with Gasteiger partial charge in [0.1, 0.15) is 0 Å². The molecule has 7 nitrogen and oxygen atoms in total. The van der Waals surface area contributed by atoms with Gasteiger partial charge < -0.3 is 10.1 Å². The Morgan fingerprint density at radius 1 is 1.25 bits per heavy atom. The predicted octanol–water partition coefficient (Wildman–Crippen LogP) is -0.130. The molecule has 1 heterocycles. The number of nitrogens with one attached hydrogen (secondary N) is 1. The van der Waals surface area contributed by atoms with Crippen molar-refractivity contribution in [3.8, 4) is 0 Å². The summed E-state index contributed by atoms with van der Waals surface area (Å²) >= 11 is 0.